The Hall–Kier alpha value is -3.64. The van der Waals surface area contributed by atoms with E-state index >= 15 is 0 Å². The second-order valence-electron chi connectivity index (χ2n) is 8.31. The van der Waals surface area contributed by atoms with Gasteiger partial charge in [0.15, 0.2) is 0 Å². The number of benzene rings is 4. The van der Waals surface area contributed by atoms with Crippen molar-refractivity contribution in [3.63, 3.8) is 0 Å². The molecule has 4 rings (SSSR count). The summed E-state index contributed by atoms with van der Waals surface area (Å²) in [7, 11) is -0.965. The van der Waals surface area contributed by atoms with Crippen LogP contribution in [0.25, 0.3) is 6.08 Å². The van der Waals surface area contributed by atoms with Crippen molar-refractivity contribution in [2.24, 2.45) is 0 Å². The van der Waals surface area contributed by atoms with E-state index in [2.05, 4.69) is 43.1 Å². The summed E-state index contributed by atoms with van der Waals surface area (Å²) in [5, 5.41) is 4.54. The van der Waals surface area contributed by atoms with Crippen LogP contribution in [-0.4, -0.2) is 41.0 Å². The highest BCUT2D eigenvalue weighted by Gasteiger charge is 2.40. The first-order valence-electron chi connectivity index (χ1n) is 11.7. The first-order valence-corrected chi connectivity index (χ1v) is 15.4. The predicted octanol–water partition coefficient (Wildman–Crippen LogP) is 4.84. The monoisotopic (exact) mass is 550 g/mol. The Labute approximate surface area is 225 Å². The molecule has 0 aliphatic carbocycles. The van der Waals surface area contributed by atoms with Crippen LogP contribution in [0.1, 0.15) is 5.56 Å². The third-order valence-electron chi connectivity index (χ3n) is 5.99. The molecule has 0 spiro atoms. The Bertz CT molecular complexity index is 1300. The van der Waals surface area contributed by atoms with Gasteiger partial charge in [-0.3, -0.25) is 0 Å². The van der Waals surface area contributed by atoms with Crippen molar-refractivity contribution >= 4 is 39.4 Å². The Morgan fingerprint density at radius 1 is 0.605 bits per heavy atom. The molecular weight excluding hydrogens is 519 g/mol. The van der Waals surface area contributed by atoms with Crippen molar-refractivity contribution in [1.29, 1.82) is 0 Å². The lowest BCUT2D eigenvalue weighted by Gasteiger charge is -2.23. The number of rotatable bonds is 8. The van der Waals surface area contributed by atoms with Crippen molar-refractivity contribution in [3.8, 4) is 17.2 Å². The second-order valence-corrected chi connectivity index (χ2v) is 13.1. The molecule has 4 aromatic carbocycles. The highest BCUT2D eigenvalue weighted by Crippen LogP contribution is 2.52. The lowest BCUT2D eigenvalue weighted by Crippen LogP contribution is -2.30. The highest BCUT2D eigenvalue weighted by molar-refractivity contribution is 7.95. The van der Waals surface area contributed by atoms with Crippen LogP contribution in [0.15, 0.2) is 109 Å². The Morgan fingerprint density at radius 3 is 1.24 bits per heavy atom. The number of ether oxygens (including phenoxy) is 3. The van der Waals surface area contributed by atoms with Gasteiger partial charge in [0.1, 0.15) is 50.5 Å². The minimum Gasteiger partial charge on any atom is -0.744 e. The van der Waals surface area contributed by atoms with E-state index in [4.69, 9.17) is 14.2 Å². The van der Waals surface area contributed by atoms with Crippen LogP contribution in [0.2, 0.25) is 0 Å². The maximum absolute atomic E-state index is 10.2. The summed E-state index contributed by atoms with van der Waals surface area (Å²) in [4.78, 5) is 0. The molecule has 0 aliphatic rings. The van der Waals surface area contributed by atoms with Gasteiger partial charge in [-0.2, -0.15) is 0 Å². The number of methoxy groups -OCH3 is 3. The molecule has 0 radical (unpaired) electrons. The molecule has 0 bridgehead atoms. The van der Waals surface area contributed by atoms with Crippen LogP contribution in [0.5, 0.6) is 17.2 Å². The van der Waals surface area contributed by atoms with Gasteiger partial charge in [-0.15, -0.1) is 0 Å². The van der Waals surface area contributed by atoms with Crippen LogP contribution in [0.3, 0.4) is 0 Å². The molecule has 0 unspecified atom stereocenters. The van der Waals surface area contributed by atoms with E-state index in [9.17, 15) is 13.0 Å². The molecular formula is C30H31O6PS. The molecule has 0 aliphatic heterocycles. The number of hydrogen-bond donors (Lipinski definition) is 0. The van der Waals surface area contributed by atoms with Crippen LogP contribution < -0.4 is 30.1 Å². The Morgan fingerprint density at radius 2 is 0.947 bits per heavy atom. The average Bonchev–Trinajstić information content (AvgIpc) is 2.96. The highest BCUT2D eigenvalue weighted by atomic mass is 32.2. The minimum absolute atomic E-state index is 0.641. The smallest absolute Gasteiger partial charge is 0.119 e. The summed E-state index contributed by atoms with van der Waals surface area (Å²) in [5.41, 5.74) is 0.692. The third kappa shape index (κ3) is 7.68. The van der Waals surface area contributed by atoms with Crippen molar-refractivity contribution < 1.29 is 27.2 Å². The molecule has 0 saturated heterocycles. The van der Waals surface area contributed by atoms with Crippen molar-refractivity contribution in [2.45, 2.75) is 0 Å². The zero-order valence-electron chi connectivity index (χ0n) is 21.8. The molecule has 0 atom stereocenters. The van der Waals surface area contributed by atoms with Gasteiger partial charge in [-0.25, -0.2) is 8.42 Å². The van der Waals surface area contributed by atoms with Gasteiger partial charge in [0, 0.05) is 5.41 Å². The van der Waals surface area contributed by atoms with Crippen LogP contribution in [-0.2, 0) is 10.1 Å². The Balaban J connectivity index is 0.000000279. The van der Waals surface area contributed by atoms with Crippen molar-refractivity contribution in [3.05, 3.63) is 114 Å². The lowest BCUT2D eigenvalue weighted by molar-refractivity contribution is 0.415. The fraction of sp³-hybridized carbons (Fsp3) is 0.133. The summed E-state index contributed by atoms with van der Waals surface area (Å²) in [5.74, 6) is 2.60. The molecule has 0 saturated carbocycles. The van der Waals surface area contributed by atoms with E-state index in [1.807, 2.05) is 42.5 Å². The molecule has 0 fully saturated rings. The maximum atomic E-state index is 10.2. The quantitative estimate of drug-likeness (QED) is 0.231. The van der Waals surface area contributed by atoms with Gasteiger partial charge < -0.3 is 18.8 Å². The summed E-state index contributed by atoms with van der Waals surface area (Å²) < 4.78 is 46.5. The van der Waals surface area contributed by atoms with Gasteiger partial charge >= 0.3 is 0 Å². The van der Waals surface area contributed by atoms with Crippen molar-refractivity contribution in [1.82, 2.24) is 0 Å². The molecule has 38 heavy (non-hydrogen) atoms. The van der Waals surface area contributed by atoms with E-state index in [0.29, 0.717) is 11.0 Å². The van der Waals surface area contributed by atoms with E-state index < -0.39 is 17.4 Å². The zero-order chi connectivity index (χ0) is 27.6. The largest absolute Gasteiger partial charge is 0.744 e. The normalized spacial score (nSPS) is 11.4. The van der Waals surface area contributed by atoms with Gasteiger partial charge in [0.2, 0.25) is 0 Å². The predicted molar refractivity (Wildman–Crippen MR) is 156 cm³/mol. The summed E-state index contributed by atoms with van der Waals surface area (Å²) >= 11 is 0. The van der Waals surface area contributed by atoms with Crippen molar-refractivity contribution in [2.75, 3.05) is 28.0 Å². The molecule has 4 aromatic rings. The standard InChI is InChI=1S/C22H24O3P.C8H8O3S/c1-23-17-5-11-20(12-6-17)26(4,21-13-7-18(24-2)8-14-21)22-15-9-19(25-3)10-16-22;9-12(10,11)7-6-8-4-2-1-3-5-8/h5-16H,1-4H3;1-7H,(H,9,10,11)/q+1;/p-1. The molecule has 8 heteroatoms. The molecule has 0 amide bonds. The topological polar surface area (TPSA) is 84.9 Å². The van der Waals surface area contributed by atoms with Crippen LogP contribution >= 0.6 is 7.26 Å². The molecule has 0 heterocycles. The van der Waals surface area contributed by atoms with Gasteiger partial charge in [-0.1, -0.05) is 30.3 Å². The number of hydrogen-bond acceptors (Lipinski definition) is 6. The lowest BCUT2D eigenvalue weighted by atomic mass is 10.2. The maximum Gasteiger partial charge on any atom is 0.119 e. The average molecular weight is 551 g/mol. The van der Waals surface area contributed by atoms with E-state index in [-0.39, 0.29) is 0 Å². The van der Waals surface area contributed by atoms with Crippen LogP contribution in [0, 0.1) is 0 Å². The summed E-state index contributed by atoms with van der Waals surface area (Å²) in [6.45, 7) is 2.35. The fourth-order valence-corrected chi connectivity index (χ4v) is 7.27. The molecule has 0 aromatic heterocycles. The van der Waals surface area contributed by atoms with E-state index in [1.165, 1.54) is 22.0 Å². The summed E-state index contributed by atoms with van der Waals surface area (Å²) in [6, 6.07) is 33.9. The van der Waals surface area contributed by atoms with Gasteiger partial charge in [-0.05, 0) is 84.4 Å². The Kier molecular flexibility index (Phi) is 10.1. The summed E-state index contributed by atoms with van der Waals surface area (Å²) in [6.07, 6.45) is 1.27. The molecule has 6 nitrogen and oxygen atoms in total. The first kappa shape index (κ1) is 28.9. The fourth-order valence-electron chi connectivity index (χ4n) is 3.81. The van der Waals surface area contributed by atoms with Gasteiger partial charge in [0.05, 0.1) is 28.0 Å². The van der Waals surface area contributed by atoms with E-state index in [0.717, 1.165) is 17.2 Å². The SMILES string of the molecule is COc1ccc([P+](C)(c2ccc(OC)cc2)c2ccc(OC)cc2)cc1.O=S(=O)([O-])C=Cc1ccccc1. The molecule has 198 valence electrons. The minimum atomic E-state index is -4.25. The molecule has 0 N–H and O–H groups in total. The van der Waals surface area contributed by atoms with E-state index in [1.54, 1.807) is 45.6 Å². The van der Waals surface area contributed by atoms with Gasteiger partial charge in [0.25, 0.3) is 0 Å². The third-order valence-corrected chi connectivity index (χ3v) is 10.5. The second kappa shape index (κ2) is 13.2. The van der Waals surface area contributed by atoms with Crippen LogP contribution in [0.4, 0.5) is 0 Å². The zero-order valence-corrected chi connectivity index (χ0v) is 23.5. The first-order chi connectivity index (χ1) is 18.2.